The SMILES string of the molecule is C[C@@H](O)c1ccc(Oc2cc(F)c(Cl)cc2Br)cn1. The molecule has 0 aliphatic heterocycles. The van der Waals surface area contributed by atoms with E-state index >= 15 is 0 Å². The van der Waals surface area contributed by atoms with E-state index in [0.717, 1.165) is 0 Å². The molecule has 3 nitrogen and oxygen atoms in total. The maximum atomic E-state index is 13.4. The molecule has 0 amide bonds. The maximum Gasteiger partial charge on any atom is 0.145 e. The molecule has 2 rings (SSSR count). The van der Waals surface area contributed by atoms with E-state index in [-0.39, 0.29) is 5.02 Å². The number of rotatable bonds is 3. The monoisotopic (exact) mass is 345 g/mol. The zero-order valence-corrected chi connectivity index (χ0v) is 12.2. The van der Waals surface area contributed by atoms with Gasteiger partial charge in [0.05, 0.1) is 27.5 Å². The van der Waals surface area contributed by atoms with E-state index in [1.807, 2.05) is 0 Å². The number of aliphatic hydroxyl groups excluding tert-OH is 1. The van der Waals surface area contributed by atoms with Crippen molar-refractivity contribution in [1.29, 1.82) is 0 Å². The summed E-state index contributed by atoms with van der Waals surface area (Å²) in [5.41, 5.74) is 0.536. The lowest BCUT2D eigenvalue weighted by molar-refractivity contribution is 0.194. The van der Waals surface area contributed by atoms with E-state index in [9.17, 15) is 9.50 Å². The molecule has 0 aliphatic carbocycles. The van der Waals surface area contributed by atoms with Crippen LogP contribution in [0, 0.1) is 5.82 Å². The van der Waals surface area contributed by atoms with Crippen molar-refractivity contribution in [2.45, 2.75) is 13.0 Å². The zero-order valence-electron chi connectivity index (χ0n) is 9.90. The lowest BCUT2D eigenvalue weighted by Crippen LogP contribution is -1.95. The molecule has 0 fully saturated rings. The molecule has 1 aromatic carbocycles. The Hall–Kier alpha value is -1.17. The Labute approximate surface area is 123 Å². The average molecular weight is 347 g/mol. The van der Waals surface area contributed by atoms with Gasteiger partial charge in [-0.15, -0.1) is 0 Å². The van der Waals surface area contributed by atoms with Crippen LogP contribution in [0.25, 0.3) is 0 Å². The number of aliphatic hydroxyl groups is 1. The van der Waals surface area contributed by atoms with Gasteiger partial charge < -0.3 is 9.84 Å². The number of aromatic nitrogens is 1. The van der Waals surface area contributed by atoms with Crippen molar-refractivity contribution in [1.82, 2.24) is 4.98 Å². The summed E-state index contributed by atoms with van der Waals surface area (Å²) >= 11 is 8.88. The van der Waals surface area contributed by atoms with Gasteiger partial charge in [-0.25, -0.2) is 4.39 Å². The number of benzene rings is 1. The molecule has 1 N–H and O–H groups in total. The van der Waals surface area contributed by atoms with Gasteiger partial charge in [-0.2, -0.15) is 0 Å². The van der Waals surface area contributed by atoms with Gasteiger partial charge in [0.25, 0.3) is 0 Å². The molecule has 0 radical (unpaired) electrons. The van der Waals surface area contributed by atoms with Gasteiger partial charge in [0, 0.05) is 6.07 Å². The Morgan fingerprint density at radius 1 is 1.42 bits per heavy atom. The number of ether oxygens (including phenoxy) is 1. The fraction of sp³-hybridized carbons (Fsp3) is 0.154. The minimum absolute atomic E-state index is 0.0156. The summed E-state index contributed by atoms with van der Waals surface area (Å²) in [7, 11) is 0. The van der Waals surface area contributed by atoms with Crippen molar-refractivity contribution in [2.75, 3.05) is 0 Å². The molecule has 1 aromatic heterocycles. The van der Waals surface area contributed by atoms with Gasteiger partial charge >= 0.3 is 0 Å². The number of hydrogen-bond acceptors (Lipinski definition) is 3. The topological polar surface area (TPSA) is 42.4 Å². The predicted octanol–water partition coefficient (Wildman–Crippen LogP) is 4.48. The summed E-state index contributed by atoms with van der Waals surface area (Å²) in [4.78, 5) is 4.03. The van der Waals surface area contributed by atoms with Crippen LogP contribution in [-0.2, 0) is 0 Å². The third-order valence-corrected chi connectivity index (χ3v) is 3.30. The molecule has 0 unspecified atom stereocenters. The van der Waals surface area contributed by atoms with Crippen molar-refractivity contribution in [3.63, 3.8) is 0 Å². The molecular formula is C13H10BrClFNO2. The van der Waals surface area contributed by atoms with Crippen LogP contribution in [0.5, 0.6) is 11.5 Å². The first-order valence-electron chi connectivity index (χ1n) is 5.44. The fourth-order valence-electron chi connectivity index (χ4n) is 1.41. The first-order chi connectivity index (χ1) is 8.97. The molecule has 19 heavy (non-hydrogen) atoms. The van der Waals surface area contributed by atoms with Crippen LogP contribution >= 0.6 is 27.5 Å². The highest BCUT2D eigenvalue weighted by atomic mass is 79.9. The molecular weight excluding hydrogens is 337 g/mol. The second-order valence-corrected chi connectivity index (χ2v) is 5.16. The van der Waals surface area contributed by atoms with E-state index in [0.29, 0.717) is 21.7 Å². The molecule has 1 heterocycles. The minimum Gasteiger partial charge on any atom is -0.454 e. The predicted molar refractivity (Wildman–Crippen MR) is 74.1 cm³/mol. The molecule has 100 valence electrons. The molecule has 0 bridgehead atoms. The van der Waals surface area contributed by atoms with Crippen LogP contribution in [0.3, 0.4) is 0 Å². The third-order valence-electron chi connectivity index (χ3n) is 2.39. The van der Waals surface area contributed by atoms with Crippen LogP contribution in [0.15, 0.2) is 34.9 Å². The van der Waals surface area contributed by atoms with Crippen LogP contribution in [0.2, 0.25) is 5.02 Å². The quantitative estimate of drug-likeness (QED) is 0.833. The number of hydrogen-bond donors (Lipinski definition) is 1. The van der Waals surface area contributed by atoms with Crippen LogP contribution in [0.4, 0.5) is 4.39 Å². The minimum atomic E-state index is -0.645. The highest BCUT2D eigenvalue weighted by Crippen LogP contribution is 2.33. The van der Waals surface area contributed by atoms with Crippen molar-refractivity contribution < 1.29 is 14.2 Å². The van der Waals surface area contributed by atoms with Crippen molar-refractivity contribution >= 4 is 27.5 Å². The Kier molecular flexibility index (Phi) is 4.39. The highest BCUT2D eigenvalue weighted by Gasteiger charge is 2.09. The molecule has 0 aliphatic rings. The highest BCUT2D eigenvalue weighted by molar-refractivity contribution is 9.10. The lowest BCUT2D eigenvalue weighted by Gasteiger charge is -2.09. The third kappa shape index (κ3) is 3.43. The van der Waals surface area contributed by atoms with Crippen molar-refractivity contribution in [3.05, 3.63) is 51.5 Å². The lowest BCUT2D eigenvalue weighted by atomic mass is 10.2. The molecule has 0 spiro atoms. The van der Waals surface area contributed by atoms with Gasteiger partial charge in [-0.3, -0.25) is 4.98 Å². The summed E-state index contributed by atoms with van der Waals surface area (Å²) in [6.07, 6.45) is 0.815. The van der Waals surface area contributed by atoms with E-state index in [1.54, 1.807) is 19.1 Å². The van der Waals surface area contributed by atoms with E-state index in [1.165, 1.54) is 18.3 Å². The molecule has 6 heteroatoms. The van der Waals surface area contributed by atoms with Gasteiger partial charge in [0.1, 0.15) is 17.3 Å². The Balaban J connectivity index is 2.24. The van der Waals surface area contributed by atoms with Gasteiger partial charge in [0.15, 0.2) is 0 Å². The zero-order chi connectivity index (χ0) is 14.0. The summed E-state index contributed by atoms with van der Waals surface area (Å²) in [6, 6.07) is 5.90. The van der Waals surface area contributed by atoms with Crippen molar-refractivity contribution in [3.8, 4) is 11.5 Å². The van der Waals surface area contributed by atoms with E-state index in [4.69, 9.17) is 16.3 Å². The standard InChI is InChI=1S/C13H10BrClFNO2/c1-7(18)12-3-2-8(6-17-12)19-13-5-11(16)10(15)4-9(13)14/h2-7,18H,1H3/t7-/m1/s1. The van der Waals surface area contributed by atoms with E-state index < -0.39 is 11.9 Å². The summed E-state index contributed by atoms with van der Waals surface area (Å²) < 4.78 is 19.4. The molecule has 2 aromatic rings. The normalized spacial score (nSPS) is 12.3. The maximum absolute atomic E-state index is 13.4. The van der Waals surface area contributed by atoms with E-state index in [2.05, 4.69) is 20.9 Å². The molecule has 0 saturated carbocycles. The number of nitrogens with zero attached hydrogens (tertiary/aromatic N) is 1. The summed E-state index contributed by atoms with van der Waals surface area (Å²) in [5.74, 6) is 0.175. The van der Waals surface area contributed by atoms with Gasteiger partial charge in [-0.1, -0.05) is 11.6 Å². The second-order valence-electron chi connectivity index (χ2n) is 3.89. The second kappa shape index (κ2) is 5.86. The van der Waals surface area contributed by atoms with Crippen LogP contribution in [-0.4, -0.2) is 10.1 Å². The number of pyridine rings is 1. The Morgan fingerprint density at radius 2 is 2.16 bits per heavy atom. The first-order valence-corrected chi connectivity index (χ1v) is 6.61. The van der Waals surface area contributed by atoms with Gasteiger partial charge in [-0.05, 0) is 41.1 Å². The largest absolute Gasteiger partial charge is 0.454 e. The van der Waals surface area contributed by atoms with Gasteiger partial charge in [0.2, 0.25) is 0 Å². The average Bonchev–Trinajstić information content (AvgIpc) is 2.36. The number of halogens is 3. The Bertz CT molecular complexity index is 590. The first kappa shape index (κ1) is 14.2. The smallest absolute Gasteiger partial charge is 0.145 e. The van der Waals surface area contributed by atoms with Crippen LogP contribution < -0.4 is 4.74 Å². The Morgan fingerprint density at radius 3 is 2.74 bits per heavy atom. The molecule has 0 saturated heterocycles. The summed E-state index contributed by atoms with van der Waals surface area (Å²) in [5, 5.41) is 9.36. The fourth-order valence-corrected chi connectivity index (χ4v) is 2.13. The summed E-state index contributed by atoms with van der Waals surface area (Å²) in [6.45, 7) is 1.62. The van der Waals surface area contributed by atoms with Crippen LogP contribution in [0.1, 0.15) is 18.7 Å². The molecule has 1 atom stereocenters. The van der Waals surface area contributed by atoms with Crippen molar-refractivity contribution in [2.24, 2.45) is 0 Å².